The van der Waals surface area contributed by atoms with Crippen LogP contribution in [0.25, 0.3) is 0 Å². The number of aryl methyl sites for hydroxylation is 1. The maximum Gasteiger partial charge on any atom is 0.255 e. The lowest BCUT2D eigenvalue weighted by molar-refractivity contribution is 0.0817. The van der Waals surface area contributed by atoms with Gasteiger partial charge in [-0.1, -0.05) is 55.5 Å². The van der Waals surface area contributed by atoms with E-state index in [1.165, 1.54) is 24.3 Å². The Morgan fingerprint density at radius 3 is 1.93 bits per heavy atom. The number of Topliss-reactive ketones (excluding diaryl/α,β-unsaturated/α-hetero) is 2. The maximum atomic E-state index is 12.5. The Balaban J connectivity index is 1.72. The van der Waals surface area contributed by atoms with Crippen molar-refractivity contribution in [1.29, 1.82) is 0 Å². The molecule has 5 heteroatoms. The number of benzene rings is 3. The predicted octanol–water partition coefficient (Wildman–Crippen LogP) is 5.33. The molecule has 140 valence electrons. The van der Waals surface area contributed by atoms with Gasteiger partial charge in [0.15, 0.2) is 0 Å². The first-order valence-electron chi connectivity index (χ1n) is 8.83. The third-order valence-corrected chi connectivity index (χ3v) is 5.00. The van der Waals surface area contributed by atoms with Crippen LogP contribution in [-0.2, 0) is 6.42 Å². The van der Waals surface area contributed by atoms with Crippen molar-refractivity contribution in [3.63, 3.8) is 0 Å². The van der Waals surface area contributed by atoms with Gasteiger partial charge in [0.05, 0.1) is 5.69 Å². The summed E-state index contributed by atoms with van der Waals surface area (Å²) in [6, 6.07) is 20.2. The molecule has 3 aromatic rings. The minimum Gasteiger partial charge on any atom is -0.321 e. The van der Waals surface area contributed by atoms with Gasteiger partial charge in [0.1, 0.15) is 0 Å². The van der Waals surface area contributed by atoms with Crippen LogP contribution in [-0.4, -0.2) is 17.5 Å². The molecule has 0 bridgehead atoms. The summed E-state index contributed by atoms with van der Waals surface area (Å²) < 4.78 is 0.806. The molecule has 0 heterocycles. The molecule has 0 atom stereocenters. The van der Waals surface area contributed by atoms with Crippen molar-refractivity contribution in [3.8, 4) is 0 Å². The quantitative estimate of drug-likeness (QED) is 0.420. The number of nitrogens with one attached hydrogen (secondary N) is 1. The Hall–Kier alpha value is -3.05. The van der Waals surface area contributed by atoms with Crippen LogP contribution < -0.4 is 5.32 Å². The molecule has 0 saturated heterocycles. The Bertz CT molecular complexity index is 1030. The van der Waals surface area contributed by atoms with Crippen LogP contribution in [0.4, 0.5) is 5.69 Å². The van der Waals surface area contributed by atoms with Crippen molar-refractivity contribution in [2.24, 2.45) is 0 Å². The number of amides is 1. The van der Waals surface area contributed by atoms with Crippen LogP contribution >= 0.6 is 15.9 Å². The lowest BCUT2D eigenvalue weighted by atomic mass is 10.0. The van der Waals surface area contributed by atoms with E-state index in [4.69, 9.17) is 0 Å². The zero-order valence-corrected chi connectivity index (χ0v) is 16.8. The van der Waals surface area contributed by atoms with Crippen molar-refractivity contribution >= 4 is 39.1 Å². The number of carbonyl (C=O) groups excluding carboxylic acids is 3. The van der Waals surface area contributed by atoms with Crippen LogP contribution in [0.5, 0.6) is 0 Å². The Kier molecular flexibility index (Phi) is 6.16. The summed E-state index contributed by atoms with van der Waals surface area (Å²) in [5.41, 5.74) is 2.82. The van der Waals surface area contributed by atoms with Gasteiger partial charge in [0, 0.05) is 21.2 Å². The Morgan fingerprint density at radius 1 is 0.786 bits per heavy atom. The molecular formula is C23H18BrNO3. The molecule has 4 nitrogen and oxygen atoms in total. The zero-order valence-electron chi connectivity index (χ0n) is 15.2. The van der Waals surface area contributed by atoms with Crippen molar-refractivity contribution in [3.05, 3.63) is 99.5 Å². The second-order valence-corrected chi connectivity index (χ2v) is 7.08. The second-order valence-electron chi connectivity index (χ2n) is 6.22. The van der Waals surface area contributed by atoms with Gasteiger partial charge in [-0.25, -0.2) is 0 Å². The summed E-state index contributed by atoms with van der Waals surface area (Å²) in [5, 5.41) is 2.84. The smallest absolute Gasteiger partial charge is 0.255 e. The third-order valence-electron chi connectivity index (χ3n) is 4.34. The number of halogens is 1. The summed E-state index contributed by atoms with van der Waals surface area (Å²) in [5.74, 6) is -1.47. The number of rotatable bonds is 6. The molecule has 3 aromatic carbocycles. The Morgan fingerprint density at radius 2 is 1.36 bits per heavy atom. The molecule has 0 aliphatic rings. The monoisotopic (exact) mass is 435 g/mol. The highest BCUT2D eigenvalue weighted by Gasteiger charge is 2.18. The van der Waals surface area contributed by atoms with Crippen molar-refractivity contribution in [2.45, 2.75) is 13.3 Å². The van der Waals surface area contributed by atoms with Crippen molar-refractivity contribution in [2.75, 3.05) is 5.32 Å². The van der Waals surface area contributed by atoms with Crippen molar-refractivity contribution in [1.82, 2.24) is 0 Å². The van der Waals surface area contributed by atoms with E-state index in [9.17, 15) is 14.4 Å². The highest BCUT2D eigenvalue weighted by Crippen LogP contribution is 2.24. The molecule has 1 N–H and O–H groups in total. The van der Waals surface area contributed by atoms with E-state index in [0.29, 0.717) is 16.8 Å². The predicted molar refractivity (Wildman–Crippen MR) is 113 cm³/mol. The van der Waals surface area contributed by atoms with Crippen LogP contribution in [0.3, 0.4) is 0 Å². The zero-order chi connectivity index (χ0) is 20.1. The molecule has 0 aromatic heterocycles. The van der Waals surface area contributed by atoms with Gasteiger partial charge in [-0.3, -0.25) is 14.4 Å². The van der Waals surface area contributed by atoms with E-state index in [2.05, 4.69) is 28.2 Å². The van der Waals surface area contributed by atoms with E-state index in [0.717, 1.165) is 16.5 Å². The summed E-state index contributed by atoms with van der Waals surface area (Å²) >= 11 is 3.46. The van der Waals surface area contributed by atoms with E-state index in [1.54, 1.807) is 30.3 Å². The number of carbonyl (C=O) groups is 3. The number of hydrogen-bond donors (Lipinski definition) is 1. The Labute approximate surface area is 171 Å². The molecule has 0 unspecified atom stereocenters. The SMILES string of the molecule is CCc1ccc(NC(=O)c2ccc(C(=O)C(=O)c3ccccc3)cc2)c(Br)c1. The maximum absolute atomic E-state index is 12.5. The second kappa shape index (κ2) is 8.76. The lowest BCUT2D eigenvalue weighted by Crippen LogP contribution is -2.16. The molecule has 3 rings (SSSR count). The molecule has 0 aliphatic carbocycles. The van der Waals surface area contributed by atoms with E-state index < -0.39 is 11.6 Å². The summed E-state index contributed by atoms with van der Waals surface area (Å²) in [6.45, 7) is 2.06. The fourth-order valence-electron chi connectivity index (χ4n) is 2.70. The number of hydrogen-bond acceptors (Lipinski definition) is 3. The fraction of sp³-hybridized carbons (Fsp3) is 0.0870. The summed E-state index contributed by atoms with van der Waals surface area (Å²) in [4.78, 5) is 37.1. The molecule has 28 heavy (non-hydrogen) atoms. The van der Waals surface area contributed by atoms with Gasteiger partial charge in [-0.15, -0.1) is 0 Å². The van der Waals surface area contributed by atoms with E-state index >= 15 is 0 Å². The standard InChI is InChI=1S/C23H18BrNO3/c1-2-15-8-13-20(19(24)14-15)25-23(28)18-11-9-17(10-12-18)22(27)21(26)16-6-4-3-5-7-16/h3-14H,2H2,1H3,(H,25,28). The minimum absolute atomic E-state index is 0.249. The molecule has 0 saturated carbocycles. The van der Waals surface area contributed by atoms with Gasteiger partial charge in [-0.05, 0) is 52.2 Å². The van der Waals surface area contributed by atoms with Crippen LogP contribution in [0.15, 0.2) is 77.3 Å². The first-order valence-corrected chi connectivity index (χ1v) is 9.63. The first kappa shape index (κ1) is 19.7. The fourth-order valence-corrected chi connectivity index (χ4v) is 3.22. The summed E-state index contributed by atoms with van der Waals surface area (Å²) in [6.07, 6.45) is 0.907. The van der Waals surface area contributed by atoms with Gasteiger partial charge in [0.25, 0.3) is 5.91 Å². The largest absolute Gasteiger partial charge is 0.321 e. The van der Waals surface area contributed by atoms with Crippen molar-refractivity contribution < 1.29 is 14.4 Å². The number of ketones is 2. The molecule has 1 amide bonds. The van der Waals surface area contributed by atoms with Gasteiger partial charge in [-0.2, -0.15) is 0 Å². The normalized spacial score (nSPS) is 10.4. The first-order chi connectivity index (χ1) is 13.5. The van der Waals surface area contributed by atoms with E-state index in [1.807, 2.05) is 18.2 Å². The molecule has 0 fully saturated rings. The van der Waals surface area contributed by atoms with E-state index in [-0.39, 0.29) is 11.5 Å². The average molecular weight is 436 g/mol. The van der Waals surface area contributed by atoms with Gasteiger partial charge < -0.3 is 5.32 Å². The molecule has 0 aliphatic heterocycles. The highest BCUT2D eigenvalue weighted by molar-refractivity contribution is 9.10. The third kappa shape index (κ3) is 4.43. The highest BCUT2D eigenvalue weighted by atomic mass is 79.9. The van der Waals surface area contributed by atoms with Gasteiger partial charge >= 0.3 is 0 Å². The molecule has 0 radical (unpaired) electrons. The minimum atomic E-state index is -0.601. The van der Waals surface area contributed by atoms with Crippen LogP contribution in [0, 0.1) is 0 Å². The molecular weight excluding hydrogens is 418 g/mol. The van der Waals surface area contributed by atoms with Crippen LogP contribution in [0.1, 0.15) is 43.6 Å². The summed E-state index contributed by atoms with van der Waals surface area (Å²) in [7, 11) is 0. The lowest BCUT2D eigenvalue weighted by Gasteiger charge is -2.09. The van der Waals surface area contributed by atoms with Gasteiger partial charge in [0.2, 0.25) is 11.6 Å². The molecule has 0 spiro atoms. The average Bonchev–Trinajstić information content (AvgIpc) is 2.74. The number of anilines is 1. The van der Waals surface area contributed by atoms with Crippen LogP contribution in [0.2, 0.25) is 0 Å². The topological polar surface area (TPSA) is 63.2 Å².